The Balaban J connectivity index is 2.13. The first-order valence-electron chi connectivity index (χ1n) is 7.70. The fourth-order valence-electron chi connectivity index (χ4n) is 3.08. The Morgan fingerprint density at radius 1 is 1.20 bits per heavy atom. The van der Waals surface area contributed by atoms with Crippen molar-refractivity contribution in [2.45, 2.75) is 19.4 Å². The van der Waals surface area contributed by atoms with E-state index in [-0.39, 0.29) is 12.0 Å². The normalized spacial score (nSPS) is 19.9. The van der Waals surface area contributed by atoms with Gasteiger partial charge in [0.25, 0.3) is 5.24 Å². The third-order valence-corrected chi connectivity index (χ3v) is 5.48. The maximum absolute atomic E-state index is 11.9. The highest BCUT2D eigenvalue weighted by molar-refractivity contribution is 9.10. The van der Waals surface area contributed by atoms with Crippen LogP contribution in [-0.2, 0) is 4.79 Å². The van der Waals surface area contributed by atoms with E-state index in [1.165, 1.54) is 0 Å². The van der Waals surface area contributed by atoms with E-state index in [2.05, 4.69) is 21.0 Å². The van der Waals surface area contributed by atoms with Crippen LogP contribution in [-0.4, -0.2) is 11.0 Å². The predicted octanol–water partition coefficient (Wildman–Crippen LogP) is 6.46. The molecule has 2 atom stereocenters. The van der Waals surface area contributed by atoms with Crippen LogP contribution in [0.1, 0.15) is 24.9 Å². The first kappa shape index (κ1) is 18.7. The molecule has 2 aromatic rings. The highest BCUT2D eigenvalue weighted by Crippen LogP contribution is 2.44. The minimum Gasteiger partial charge on any atom is -0.274 e. The average Bonchev–Trinajstić information content (AvgIpc) is 2.95. The second-order valence-electron chi connectivity index (χ2n) is 5.71. The summed E-state index contributed by atoms with van der Waals surface area (Å²) in [6.07, 6.45) is 0.722. The molecule has 0 spiro atoms. The monoisotopic (exact) mass is 458 g/mol. The maximum atomic E-state index is 11.9. The molecule has 0 aliphatic carbocycles. The summed E-state index contributed by atoms with van der Waals surface area (Å²) in [5.41, 5.74) is 2.06. The molecule has 25 heavy (non-hydrogen) atoms. The van der Waals surface area contributed by atoms with Gasteiger partial charge in [-0.2, -0.15) is 5.10 Å². The van der Waals surface area contributed by atoms with Crippen molar-refractivity contribution in [2.75, 3.05) is 5.01 Å². The molecule has 0 fully saturated rings. The summed E-state index contributed by atoms with van der Waals surface area (Å²) >= 11 is 21.6. The van der Waals surface area contributed by atoms with Gasteiger partial charge in [0.05, 0.1) is 16.8 Å². The third kappa shape index (κ3) is 3.72. The molecule has 3 rings (SSSR count). The minimum atomic E-state index is -0.540. The van der Waals surface area contributed by atoms with Crippen molar-refractivity contribution in [3.63, 3.8) is 0 Å². The second kappa shape index (κ2) is 7.67. The lowest BCUT2D eigenvalue weighted by atomic mass is 9.88. The van der Waals surface area contributed by atoms with Crippen LogP contribution in [0.15, 0.2) is 52.0 Å². The van der Waals surface area contributed by atoms with Crippen molar-refractivity contribution in [2.24, 2.45) is 11.0 Å². The van der Waals surface area contributed by atoms with Gasteiger partial charge in [-0.1, -0.05) is 58.2 Å². The molecule has 2 aromatic carbocycles. The number of anilines is 1. The quantitative estimate of drug-likeness (QED) is 0.490. The smallest absolute Gasteiger partial charge is 0.268 e. The molecule has 1 aliphatic rings. The van der Waals surface area contributed by atoms with E-state index in [0.717, 1.165) is 16.5 Å². The first-order valence-corrected chi connectivity index (χ1v) is 9.63. The Hall–Kier alpha value is -1.07. The Bertz CT molecular complexity index is 839. The summed E-state index contributed by atoms with van der Waals surface area (Å²) in [7, 11) is 0. The standard InChI is InChI=1S/C18H14BrCl3N2O/c1-2-13-16(18(22)25)23-24(15-8-7-12(20)9-14(15)21)17(13)10-3-5-11(19)6-4-10/h3-9,13,17H,2H2,1H3/t13-,17-/m0/s1. The second-order valence-corrected chi connectivity index (χ2v) is 7.81. The van der Waals surface area contributed by atoms with Crippen LogP contribution in [0.4, 0.5) is 5.69 Å². The summed E-state index contributed by atoms with van der Waals surface area (Å²) in [5, 5.41) is 6.75. The van der Waals surface area contributed by atoms with Crippen molar-refractivity contribution in [1.29, 1.82) is 0 Å². The third-order valence-electron chi connectivity index (χ3n) is 4.22. The summed E-state index contributed by atoms with van der Waals surface area (Å²) in [5.74, 6) is -0.127. The SMILES string of the molecule is CC[C@H]1C(C(=O)Cl)=NN(c2ccc(Cl)cc2Cl)[C@H]1c1ccc(Br)cc1. The van der Waals surface area contributed by atoms with E-state index in [1.54, 1.807) is 23.2 Å². The number of nitrogens with zero attached hydrogens (tertiary/aromatic N) is 2. The first-order chi connectivity index (χ1) is 11.9. The van der Waals surface area contributed by atoms with Crippen LogP contribution in [0, 0.1) is 5.92 Å². The summed E-state index contributed by atoms with van der Waals surface area (Å²) in [6.45, 7) is 2.01. The van der Waals surface area contributed by atoms with Crippen LogP contribution in [0.25, 0.3) is 0 Å². The molecule has 0 N–H and O–H groups in total. The fourth-order valence-corrected chi connectivity index (χ4v) is 4.02. The van der Waals surface area contributed by atoms with Crippen LogP contribution >= 0.6 is 50.7 Å². The molecule has 0 amide bonds. The zero-order chi connectivity index (χ0) is 18.1. The van der Waals surface area contributed by atoms with E-state index in [0.29, 0.717) is 21.4 Å². The molecule has 1 heterocycles. The summed E-state index contributed by atoms with van der Waals surface area (Å²) in [6, 6.07) is 13.0. The lowest BCUT2D eigenvalue weighted by molar-refractivity contribution is -0.106. The fraction of sp³-hybridized carbons (Fsp3) is 0.222. The number of carbonyl (C=O) groups excluding carboxylic acids is 1. The number of carbonyl (C=O) groups is 1. The molecule has 3 nitrogen and oxygen atoms in total. The number of hydrogen-bond acceptors (Lipinski definition) is 3. The molecular weight excluding hydrogens is 446 g/mol. The highest BCUT2D eigenvalue weighted by Gasteiger charge is 2.41. The number of benzene rings is 2. The Morgan fingerprint density at radius 3 is 2.44 bits per heavy atom. The van der Waals surface area contributed by atoms with Gasteiger partial charge >= 0.3 is 0 Å². The van der Waals surface area contributed by atoms with Gasteiger partial charge in [0.2, 0.25) is 0 Å². The molecule has 0 unspecified atom stereocenters. The number of halogens is 4. The Labute approximate surface area is 169 Å². The molecule has 0 bridgehead atoms. The van der Waals surface area contributed by atoms with Gasteiger partial charge in [-0.3, -0.25) is 9.80 Å². The zero-order valence-electron chi connectivity index (χ0n) is 13.2. The summed E-state index contributed by atoms with van der Waals surface area (Å²) < 4.78 is 0.980. The maximum Gasteiger partial charge on any atom is 0.268 e. The van der Waals surface area contributed by atoms with E-state index in [1.807, 2.05) is 31.2 Å². The lowest BCUT2D eigenvalue weighted by Gasteiger charge is -2.28. The van der Waals surface area contributed by atoms with Crippen LogP contribution in [0.3, 0.4) is 0 Å². The van der Waals surface area contributed by atoms with Crippen molar-refractivity contribution < 1.29 is 4.79 Å². The van der Waals surface area contributed by atoms with Crippen molar-refractivity contribution >= 4 is 67.4 Å². The van der Waals surface area contributed by atoms with Gasteiger partial charge in [0.15, 0.2) is 0 Å². The average molecular weight is 461 g/mol. The topological polar surface area (TPSA) is 32.7 Å². The highest BCUT2D eigenvalue weighted by atomic mass is 79.9. The largest absolute Gasteiger partial charge is 0.274 e. The Kier molecular flexibility index (Phi) is 5.74. The molecule has 0 saturated heterocycles. The Morgan fingerprint density at radius 2 is 1.88 bits per heavy atom. The lowest BCUT2D eigenvalue weighted by Crippen LogP contribution is -2.26. The van der Waals surface area contributed by atoms with Gasteiger partial charge in [0.1, 0.15) is 5.71 Å². The van der Waals surface area contributed by atoms with E-state index in [4.69, 9.17) is 34.8 Å². The number of hydrazone groups is 1. The molecule has 0 aromatic heterocycles. The summed E-state index contributed by atoms with van der Waals surface area (Å²) in [4.78, 5) is 11.9. The van der Waals surface area contributed by atoms with Crippen LogP contribution in [0.2, 0.25) is 10.0 Å². The zero-order valence-corrected chi connectivity index (χ0v) is 17.1. The molecule has 0 saturated carbocycles. The van der Waals surface area contributed by atoms with Crippen molar-refractivity contribution in [3.8, 4) is 0 Å². The van der Waals surface area contributed by atoms with Gasteiger partial charge in [0, 0.05) is 15.4 Å². The van der Waals surface area contributed by atoms with Gasteiger partial charge < -0.3 is 0 Å². The number of rotatable bonds is 4. The van der Waals surface area contributed by atoms with Crippen molar-refractivity contribution in [1.82, 2.24) is 0 Å². The van der Waals surface area contributed by atoms with Gasteiger partial charge in [-0.15, -0.1) is 0 Å². The van der Waals surface area contributed by atoms with E-state index < -0.39 is 5.24 Å². The molecule has 7 heteroatoms. The number of hydrogen-bond donors (Lipinski definition) is 0. The van der Waals surface area contributed by atoms with Crippen molar-refractivity contribution in [3.05, 3.63) is 62.5 Å². The molecular formula is C18H14BrCl3N2O. The molecule has 1 aliphatic heterocycles. The molecule has 0 radical (unpaired) electrons. The van der Waals surface area contributed by atoms with E-state index >= 15 is 0 Å². The van der Waals surface area contributed by atoms with Gasteiger partial charge in [-0.25, -0.2) is 0 Å². The van der Waals surface area contributed by atoms with Gasteiger partial charge in [-0.05, 0) is 53.9 Å². The minimum absolute atomic E-state index is 0.127. The molecule has 130 valence electrons. The van der Waals surface area contributed by atoms with E-state index in [9.17, 15) is 4.79 Å². The van der Waals surface area contributed by atoms with Crippen LogP contribution in [0.5, 0.6) is 0 Å². The van der Waals surface area contributed by atoms with Crippen LogP contribution < -0.4 is 5.01 Å². The predicted molar refractivity (Wildman–Crippen MR) is 108 cm³/mol.